The van der Waals surface area contributed by atoms with Gasteiger partial charge in [-0.05, 0) is 0 Å². The molecule has 1 heterocycles. The van der Waals surface area contributed by atoms with Gasteiger partial charge in [0, 0.05) is 0 Å². The molecule has 0 atom stereocenters. The molecule has 0 fully saturated rings. The summed E-state index contributed by atoms with van der Waals surface area (Å²) in [4.78, 5) is 24.5. The van der Waals surface area contributed by atoms with E-state index in [0.29, 0.717) is 10.6 Å². The van der Waals surface area contributed by atoms with E-state index in [-0.39, 0.29) is 17.1 Å². The first-order valence-corrected chi connectivity index (χ1v) is 11.4. The molecule has 1 aromatic heterocycles. The summed E-state index contributed by atoms with van der Waals surface area (Å²) >= 11 is 0.683. The molecular weight excluding hydrogens is 439 g/mol. The first-order chi connectivity index (χ1) is 13.4. The average molecular weight is 459 g/mol. The third kappa shape index (κ3) is 4.75. The number of ether oxygens (including phenoxy) is 2. The molecule has 28 heavy (non-hydrogen) atoms. The molecule has 145 valence electrons. The van der Waals surface area contributed by atoms with Crippen LogP contribution in [0.15, 0.2) is 42.5 Å². The predicted octanol–water partition coefficient (Wildman–Crippen LogP) is 3.49. The quantitative estimate of drug-likeness (QED) is 0.523. The fraction of sp³-hybridized carbons (Fsp3) is 0.238. The molecule has 0 saturated heterocycles. The third-order valence-electron chi connectivity index (χ3n) is 3.92. The number of carbonyl (C=O) groups excluding carboxylic acids is 1. The standard InChI is InChI=1S/C21H20AsO5S/c1-12(2)27-19-16-11-15(26-3)8-9-17(16)28-20(19)21(25)22-14-6-4-13(5-7-14)10-18(23)24/h4-9,11-12H,10H2,1-3H3,(H,23,24). The number of thiophene rings is 1. The van der Waals surface area contributed by atoms with Crippen molar-refractivity contribution in [3.8, 4) is 11.5 Å². The summed E-state index contributed by atoms with van der Waals surface area (Å²) in [6.07, 6.45) is -0.0722. The van der Waals surface area contributed by atoms with Crippen molar-refractivity contribution in [1.29, 1.82) is 0 Å². The number of fused-ring (bicyclic) bond motifs is 1. The summed E-state index contributed by atoms with van der Waals surface area (Å²) in [6, 6.07) is 12.9. The van der Waals surface area contributed by atoms with Crippen molar-refractivity contribution in [2.45, 2.75) is 26.4 Å². The summed E-state index contributed by atoms with van der Waals surface area (Å²) in [7, 11) is 1.61. The Morgan fingerprint density at radius 2 is 1.86 bits per heavy atom. The van der Waals surface area contributed by atoms with E-state index < -0.39 is 21.7 Å². The fourth-order valence-corrected chi connectivity index (χ4v) is 5.73. The van der Waals surface area contributed by atoms with Crippen LogP contribution in [-0.2, 0) is 11.2 Å². The fourth-order valence-electron chi connectivity index (χ4n) is 2.71. The summed E-state index contributed by atoms with van der Waals surface area (Å²) in [5, 5.41) is 9.76. The minimum absolute atomic E-state index is 0.0186. The molecule has 1 radical (unpaired) electrons. The molecule has 0 unspecified atom stereocenters. The van der Waals surface area contributed by atoms with Gasteiger partial charge < -0.3 is 0 Å². The molecule has 0 amide bonds. The van der Waals surface area contributed by atoms with Gasteiger partial charge in [0.15, 0.2) is 0 Å². The van der Waals surface area contributed by atoms with Crippen molar-refractivity contribution < 1.29 is 24.2 Å². The molecule has 0 spiro atoms. The van der Waals surface area contributed by atoms with Gasteiger partial charge in [-0.1, -0.05) is 0 Å². The molecule has 0 aliphatic carbocycles. The van der Waals surface area contributed by atoms with Crippen molar-refractivity contribution in [3.05, 3.63) is 52.9 Å². The van der Waals surface area contributed by atoms with Crippen LogP contribution in [0.4, 0.5) is 0 Å². The number of hydrogen-bond donors (Lipinski definition) is 1. The monoisotopic (exact) mass is 459 g/mol. The third-order valence-corrected chi connectivity index (χ3v) is 7.46. The van der Waals surface area contributed by atoms with Crippen LogP contribution < -0.4 is 13.8 Å². The first-order valence-electron chi connectivity index (χ1n) is 8.71. The van der Waals surface area contributed by atoms with E-state index in [1.807, 2.05) is 44.2 Å². The second-order valence-corrected chi connectivity index (χ2v) is 9.90. The van der Waals surface area contributed by atoms with Crippen LogP contribution in [0.5, 0.6) is 11.5 Å². The van der Waals surface area contributed by atoms with Crippen molar-refractivity contribution in [2.75, 3.05) is 7.11 Å². The number of benzene rings is 2. The Morgan fingerprint density at radius 3 is 2.46 bits per heavy atom. The van der Waals surface area contributed by atoms with Gasteiger partial charge in [0.05, 0.1) is 0 Å². The Kier molecular flexibility index (Phi) is 6.42. The van der Waals surface area contributed by atoms with E-state index in [4.69, 9.17) is 14.6 Å². The zero-order valence-corrected chi connectivity index (χ0v) is 18.5. The maximum atomic E-state index is 13.0. The molecule has 3 rings (SSSR count). The van der Waals surface area contributed by atoms with Gasteiger partial charge in [-0.15, -0.1) is 0 Å². The first kappa shape index (κ1) is 20.4. The minimum atomic E-state index is -0.867. The van der Waals surface area contributed by atoms with Gasteiger partial charge in [0.1, 0.15) is 0 Å². The molecule has 0 aliphatic heterocycles. The van der Waals surface area contributed by atoms with E-state index in [1.54, 1.807) is 19.2 Å². The normalized spacial score (nSPS) is 11.4. The maximum absolute atomic E-state index is 13.0. The number of aliphatic carboxylic acids is 1. The van der Waals surface area contributed by atoms with Crippen LogP contribution in [0.1, 0.15) is 29.1 Å². The Labute approximate surface area is 174 Å². The van der Waals surface area contributed by atoms with Crippen molar-refractivity contribution >= 4 is 52.1 Å². The van der Waals surface area contributed by atoms with Crippen LogP contribution in [0, 0.1) is 0 Å². The van der Waals surface area contributed by atoms with Crippen LogP contribution in [0.3, 0.4) is 0 Å². The number of rotatable bonds is 8. The van der Waals surface area contributed by atoms with E-state index in [2.05, 4.69) is 0 Å². The predicted molar refractivity (Wildman–Crippen MR) is 112 cm³/mol. The molecule has 2 aromatic carbocycles. The molecule has 0 saturated carbocycles. The molecular formula is C21H20AsO5S. The van der Waals surface area contributed by atoms with Crippen LogP contribution in [0.25, 0.3) is 10.1 Å². The van der Waals surface area contributed by atoms with Gasteiger partial charge in [0.25, 0.3) is 0 Å². The van der Waals surface area contributed by atoms with Gasteiger partial charge >= 0.3 is 174 Å². The topological polar surface area (TPSA) is 72.8 Å². The second-order valence-electron chi connectivity index (χ2n) is 6.44. The number of carboxylic acids is 1. The van der Waals surface area contributed by atoms with Gasteiger partial charge in [-0.25, -0.2) is 0 Å². The van der Waals surface area contributed by atoms with Crippen LogP contribution in [0.2, 0.25) is 0 Å². The number of carbonyl (C=O) groups is 2. The Bertz CT molecular complexity index is 1010. The SMILES string of the molecule is COc1ccc2sc(C(=O)[As]c3ccc(CC(=O)O)cc3)c(OC(C)C)c2c1. The van der Waals surface area contributed by atoms with Crippen molar-refractivity contribution in [2.24, 2.45) is 0 Å². The summed E-state index contributed by atoms with van der Waals surface area (Å²) in [5.74, 6) is 0.477. The zero-order chi connectivity index (χ0) is 20.3. The van der Waals surface area contributed by atoms with Crippen molar-refractivity contribution in [1.82, 2.24) is 0 Å². The Hall–Kier alpha value is -2.30. The molecule has 7 heteroatoms. The van der Waals surface area contributed by atoms with Gasteiger partial charge in [-0.3, -0.25) is 0 Å². The Morgan fingerprint density at radius 1 is 1.14 bits per heavy atom. The summed E-state index contributed by atoms with van der Waals surface area (Å²) in [5.41, 5.74) is 0.725. The number of hydrogen-bond acceptors (Lipinski definition) is 5. The number of methoxy groups -OCH3 is 1. The van der Waals surface area contributed by atoms with E-state index >= 15 is 0 Å². The molecule has 1 N–H and O–H groups in total. The van der Waals surface area contributed by atoms with E-state index in [0.717, 1.165) is 25.8 Å². The van der Waals surface area contributed by atoms with Crippen LogP contribution >= 0.6 is 11.3 Å². The summed E-state index contributed by atoms with van der Waals surface area (Å²) < 4.78 is 13.3. The molecule has 0 aliphatic rings. The molecule has 5 nitrogen and oxygen atoms in total. The van der Waals surface area contributed by atoms with Crippen molar-refractivity contribution in [3.63, 3.8) is 0 Å². The van der Waals surface area contributed by atoms with E-state index in [1.165, 1.54) is 11.3 Å². The second kappa shape index (κ2) is 8.80. The van der Waals surface area contributed by atoms with Gasteiger partial charge in [-0.2, -0.15) is 0 Å². The van der Waals surface area contributed by atoms with Crippen LogP contribution in [-0.4, -0.2) is 44.6 Å². The average Bonchev–Trinajstić information content (AvgIpc) is 3.00. The zero-order valence-electron chi connectivity index (χ0n) is 15.8. The summed E-state index contributed by atoms with van der Waals surface area (Å²) in [6.45, 7) is 3.87. The molecule has 3 aromatic rings. The number of carboxylic acid groups (broad SMARTS) is 1. The molecule has 0 bridgehead atoms. The van der Waals surface area contributed by atoms with E-state index in [9.17, 15) is 9.59 Å². The van der Waals surface area contributed by atoms with Gasteiger partial charge in [0.2, 0.25) is 0 Å². The Balaban J connectivity index is 1.90.